The Labute approximate surface area is 156 Å². The fourth-order valence-electron chi connectivity index (χ4n) is 3.01. The number of carbonyl (C=O) groups excluding carboxylic acids is 1. The van der Waals surface area contributed by atoms with Gasteiger partial charge in [0, 0.05) is 19.6 Å². The van der Waals surface area contributed by atoms with E-state index in [1.807, 2.05) is 18.2 Å². The quantitative estimate of drug-likeness (QED) is 0.611. The minimum atomic E-state index is -0.379. The van der Waals surface area contributed by atoms with Gasteiger partial charge in [0.1, 0.15) is 5.82 Å². The van der Waals surface area contributed by atoms with Gasteiger partial charge in [0.15, 0.2) is 11.4 Å². The van der Waals surface area contributed by atoms with Crippen LogP contribution in [-0.2, 0) is 4.74 Å². The van der Waals surface area contributed by atoms with Crippen LogP contribution in [0.3, 0.4) is 0 Å². The van der Waals surface area contributed by atoms with Crippen molar-refractivity contribution in [3.05, 3.63) is 42.4 Å². The van der Waals surface area contributed by atoms with Crippen molar-refractivity contribution in [2.24, 2.45) is 0 Å². The van der Waals surface area contributed by atoms with E-state index in [9.17, 15) is 4.79 Å². The molecule has 0 atom stereocenters. The lowest BCUT2D eigenvalue weighted by Crippen LogP contribution is -2.37. The number of nitrogens with zero attached hydrogens (tertiary/aromatic N) is 4. The van der Waals surface area contributed by atoms with Gasteiger partial charge in [0.2, 0.25) is 5.95 Å². The summed E-state index contributed by atoms with van der Waals surface area (Å²) < 4.78 is 12.1. The molecular formula is C18H22N6O3. The molecule has 2 N–H and O–H groups in total. The molecule has 0 bridgehead atoms. The Bertz CT molecular complexity index is 886. The molecule has 3 aromatic rings. The van der Waals surface area contributed by atoms with Crippen molar-refractivity contribution in [2.45, 2.75) is 6.42 Å². The fraction of sp³-hybridized carbons (Fsp3) is 0.389. The summed E-state index contributed by atoms with van der Waals surface area (Å²) in [6.07, 6.45) is 2.47. The van der Waals surface area contributed by atoms with E-state index in [1.165, 1.54) is 6.26 Å². The lowest BCUT2D eigenvalue weighted by molar-refractivity contribution is 0.0378. The van der Waals surface area contributed by atoms with Gasteiger partial charge in [-0.1, -0.05) is 6.07 Å². The van der Waals surface area contributed by atoms with E-state index in [4.69, 9.17) is 9.15 Å². The van der Waals surface area contributed by atoms with Crippen LogP contribution in [0.25, 0.3) is 5.65 Å². The first-order valence-electron chi connectivity index (χ1n) is 9.04. The zero-order chi connectivity index (χ0) is 18.5. The summed E-state index contributed by atoms with van der Waals surface area (Å²) in [6.45, 7) is 5.49. The van der Waals surface area contributed by atoms with Crippen LogP contribution in [0.2, 0.25) is 0 Å². The van der Waals surface area contributed by atoms with Crippen molar-refractivity contribution >= 4 is 23.3 Å². The molecule has 0 spiro atoms. The molecule has 1 amide bonds. The highest BCUT2D eigenvalue weighted by atomic mass is 16.5. The minimum Gasteiger partial charge on any atom is -0.459 e. The number of aromatic nitrogens is 3. The SMILES string of the molecule is O=C(Nc1nc2cccc(NCCCN3CCOCC3)n2n1)c1ccco1. The van der Waals surface area contributed by atoms with Gasteiger partial charge in [0.25, 0.3) is 5.91 Å². The molecule has 0 radical (unpaired) electrons. The lowest BCUT2D eigenvalue weighted by Gasteiger charge is -2.26. The number of furan rings is 1. The van der Waals surface area contributed by atoms with Crippen molar-refractivity contribution < 1.29 is 13.9 Å². The van der Waals surface area contributed by atoms with E-state index in [2.05, 4.69) is 25.6 Å². The fourth-order valence-corrected chi connectivity index (χ4v) is 3.01. The highest BCUT2D eigenvalue weighted by Gasteiger charge is 2.13. The van der Waals surface area contributed by atoms with E-state index >= 15 is 0 Å². The summed E-state index contributed by atoms with van der Waals surface area (Å²) in [5, 5.41) is 10.4. The summed E-state index contributed by atoms with van der Waals surface area (Å²) >= 11 is 0. The van der Waals surface area contributed by atoms with Crippen LogP contribution < -0.4 is 10.6 Å². The third-order valence-electron chi connectivity index (χ3n) is 4.39. The van der Waals surface area contributed by atoms with Gasteiger partial charge in [-0.25, -0.2) is 0 Å². The molecule has 4 heterocycles. The molecular weight excluding hydrogens is 348 g/mol. The molecule has 9 nitrogen and oxygen atoms in total. The van der Waals surface area contributed by atoms with Gasteiger partial charge in [-0.3, -0.25) is 15.0 Å². The lowest BCUT2D eigenvalue weighted by atomic mass is 10.3. The number of morpholine rings is 1. The summed E-state index contributed by atoms with van der Waals surface area (Å²) in [6, 6.07) is 8.94. The summed E-state index contributed by atoms with van der Waals surface area (Å²) in [7, 11) is 0. The van der Waals surface area contributed by atoms with Gasteiger partial charge >= 0.3 is 0 Å². The zero-order valence-electron chi connectivity index (χ0n) is 14.9. The summed E-state index contributed by atoms with van der Waals surface area (Å²) in [5.74, 6) is 0.908. The number of hydrogen-bond acceptors (Lipinski definition) is 7. The third-order valence-corrected chi connectivity index (χ3v) is 4.39. The molecule has 27 heavy (non-hydrogen) atoms. The van der Waals surface area contributed by atoms with Gasteiger partial charge in [-0.15, -0.1) is 5.10 Å². The Kier molecular flexibility index (Phi) is 5.31. The monoisotopic (exact) mass is 370 g/mol. The number of rotatable bonds is 7. The van der Waals surface area contributed by atoms with Crippen LogP contribution >= 0.6 is 0 Å². The minimum absolute atomic E-state index is 0.218. The summed E-state index contributed by atoms with van der Waals surface area (Å²) in [5.41, 5.74) is 0.655. The van der Waals surface area contributed by atoms with Crippen LogP contribution in [0.15, 0.2) is 41.0 Å². The molecule has 3 aromatic heterocycles. The van der Waals surface area contributed by atoms with E-state index < -0.39 is 0 Å². The number of fused-ring (bicyclic) bond motifs is 1. The van der Waals surface area contributed by atoms with Crippen LogP contribution in [-0.4, -0.2) is 64.8 Å². The number of nitrogens with one attached hydrogen (secondary N) is 2. The molecule has 1 aliphatic rings. The van der Waals surface area contributed by atoms with E-state index in [-0.39, 0.29) is 17.6 Å². The second-order valence-corrected chi connectivity index (χ2v) is 6.28. The maximum absolute atomic E-state index is 12.1. The Morgan fingerprint density at radius 2 is 2.07 bits per heavy atom. The second kappa shape index (κ2) is 8.19. The maximum Gasteiger partial charge on any atom is 0.293 e. The molecule has 1 aliphatic heterocycles. The Hall–Kier alpha value is -2.91. The Morgan fingerprint density at radius 3 is 2.89 bits per heavy atom. The van der Waals surface area contributed by atoms with Crippen molar-refractivity contribution in [2.75, 3.05) is 50.0 Å². The highest BCUT2D eigenvalue weighted by molar-refractivity contribution is 6.01. The van der Waals surface area contributed by atoms with Crippen LogP contribution in [0, 0.1) is 0 Å². The predicted molar refractivity (Wildman–Crippen MR) is 100 cm³/mol. The number of carbonyl (C=O) groups is 1. The predicted octanol–water partition coefficient (Wildman–Crippen LogP) is 1.71. The molecule has 1 saturated heterocycles. The molecule has 0 aromatic carbocycles. The van der Waals surface area contributed by atoms with E-state index in [0.29, 0.717) is 5.65 Å². The Balaban J connectivity index is 1.36. The molecule has 4 rings (SSSR count). The van der Waals surface area contributed by atoms with Gasteiger partial charge in [0.05, 0.1) is 19.5 Å². The molecule has 9 heteroatoms. The number of amides is 1. The van der Waals surface area contributed by atoms with E-state index in [0.717, 1.165) is 51.6 Å². The first kappa shape index (κ1) is 17.5. The van der Waals surface area contributed by atoms with Crippen LogP contribution in [0.1, 0.15) is 17.0 Å². The molecule has 0 saturated carbocycles. The van der Waals surface area contributed by atoms with Gasteiger partial charge in [-0.05, 0) is 37.2 Å². The number of hydrogen-bond donors (Lipinski definition) is 2. The second-order valence-electron chi connectivity index (χ2n) is 6.28. The average molecular weight is 370 g/mol. The normalized spacial score (nSPS) is 15.1. The van der Waals surface area contributed by atoms with Crippen LogP contribution in [0.4, 0.5) is 11.8 Å². The third kappa shape index (κ3) is 4.26. The van der Waals surface area contributed by atoms with Gasteiger partial charge in [-0.2, -0.15) is 9.50 Å². The topological polar surface area (TPSA) is 96.9 Å². The number of pyridine rings is 1. The summed E-state index contributed by atoms with van der Waals surface area (Å²) in [4.78, 5) is 18.8. The van der Waals surface area contributed by atoms with Gasteiger partial charge < -0.3 is 14.5 Å². The largest absolute Gasteiger partial charge is 0.459 e. The smallest absolute Gasteiger partial charge is 0.293 e. The molecule has 0 unspecified atom stereocenters. The highest BCUT2D eigenvalue weighted by Crippen LogP contribution is 2.14. The Morgan fingerprint density at radius 1 is 1.19 bits per heavy atom. The number of ether oxygens (including phenoxy) is 1. The van der Waals surface area contributed by atoms with Crippen molar-refractivity contribution in [1.29, 1.82) is 0 Å². The average Bonchev–Trinajstić information content (AvgIpc) is 3.36. The van der Waals surface area contributed by atoms with Crippen molar-refractivity contribution in [3.8, 4) is 0 Å². The maximum atomic E-state index is 12.1. The van der Waals surface area contributed by atoms with Crippen molar-refractivity contribution in [1.82, 2.24) is 19.5 Å². The molecule has 1 fully saturated rings. The number of anilines is 2. The standard InChI is InChI=1S/C18H22N6O3/c25-17(14-4-2-11-27-14)21-18-20-16-6-1-5-15(24(16)22-18)19-7-3-8-23-9-12-26-13-10-23/h1-2,4-6,11,19H,3,7-10,12-13H2,(H,21,22,25). The zero-order valence-corrected chi connectivity index (χ0v) is 14.9. The van der Waals surface area contributed by atoms with Crippen LogP contribution in [0.5, 0.6) is 0 Å². The van der Waals surface area contributed by atoms with E-state index in [1.54, 1.807) is 16.6 Å². The molecule has 142 valence electrons. The molecule has 0 aliphatic carbocycles. The first-order valence-corrected chi connectivity index (χ1v) is 9.04. The van der Waals surface area contributed by atoms with Crippen molar-refractivity contribution in [3.63, 3.8) is 0 Å². The first-order chi connectivity index (χ1) is 13.3.